The van der Waals surface area contributed by atoms with Crippen LogP contribution in [-0.2, 0) is 9.59 Å². The summed E-state index contributed by atoms with van der Waals surface area (Å²) in [6, 6.07) is 3.42. The lowest BCUT2D eigenvalue weighted by Gasteiger charge is -2.26. The normalized spacial score (nSPS) is 11.2. The summed E-state index contributed by atoms with van der Waals surface area (Å²) in [6.45, 7) is 7.03. The second kappa shape index (κ2) is 6.61. The number of benzene rings is 1. The minimum absolute atomic E-state index is 0.0799. The third-order valence-electron chi connectivity index (χ3n) is 4.21. The van der Waals surface area contributed by atoms with E-state index in [1.54, 1.807) is 39.8 Å². The average Bonchev–Trinajstić information content (AvgIpc) is 2.45. The van der Waals surface area contributed by atoms with Crippen LogP contribution in [0.4, 0.5) is 5.69 Å². The number of amides is 1. The molecule has 0 atom stereocenters. The van der Waals surface area contributed by atoms with Crippen LogP contribution in [0.5, 0.6) is 5.75 Å². The van der Waals surface area contributed by atoms with Crippen molar-refractivity contribution < 1.29 is 19.8 Å². The van der Waals surface area contributed by atoms with Crippen LogP contribution in [0, 0.1) is 19.3 Å². The maximum absolute atomic E-state index is 12.1. The first-order valence-electron chi connectivity index (χ1n) is 7.09. The Bertz CT molecular complexity index is 547. The Hall–Kier alpha value is -2.04. The van der Waals surface area contributed by atoms with Gasteiger partial charge in [0.1, 0.15) is 5.75 Å². The number of carboxylic acids is 1. The average molecular weight is 293 g/mol. The van der Waals surface area contributed by atoms with Crippen LogP contribution >= 0.6 is 0 Å². The van der Waals surface area contributed by atoms with Gasteiger partial charge in [-0.3, -0.25) is 9.59 Å². The van der Waals surface area contributed by atoms with Gasteiger partial charge in [0.05, 0.1) is 5.41 Å². The van der Waals surface area contributed by atoms with Crippen molar-refractivity contribution in [2.24, 2.45) is 5.41 Å². The first-order chi connectivity index (χ1) is 9.77. The van der Waals surface area contributed by atoms with Crippen molar-refractivity contribution >= 4 is 17.6 Å². The van der Waals surface area contributed by atoms with Crippen LogP contribution in [0.2, 0.25) is 0 Å². The lowest BCUT2D eigenvalue weighted by Crippen LogP contribution is -2.34. The number of carbonyl (C=O) groups excluding carboxylic acids is 1. The minimum Gasteiger partial charge on any atom is -0.507 e. The van der Waals surface area contributed by atoms with E-state index in [1.165, 1.54) is 0 Å². The van der Waals surface area contributed by atoms with Crippen molar-refractivity contribution in [3.63, 3.8) is 0 Å². The van der Waals surface area contributed by atoms with Crippen molar-refractivity contribution in [3.05, 3.63) is 23.3 Å². The monoisotopic (exact) mass is 293 g/mol. The third-order valence-corrected chi connectivity index (χ3v) is 4.21. The molecule has 1 rings (SSSR count). The molecule has 5 heteroatoms. The fourth-order valence-corrected chi connectivity index (χ4v) is 2.35. The first-order valence-corrected chi connectivity index (χ1v) is 7.09. The summed E-state index contributed by atoms with van der Waals surface area (Å²) < 4.78 is 0. The van der Waals surface area contributed by atoms with Crippen molar-refractivity contribution in [3.8, 4) is 5.75 Å². The summed E-state index contributed by atoms with van der Waals surface area (Å²) in [5.74, 6) is -1.16. The number of carbonyl (C=O) groups is 2. The van der Waals surface area contributed by atoms with Gasteiger partial charge in [-0.1, -0.05) is 19.9 Å². The number of hydrogen-bond acceptors (Lipinski definition) is 3. The number of aliphatic carboxylic acids is 1. The zero-order chi connectivity index (χ0) is 16.2. The molecule has 0 spiro atoms. The number of aromatic hydroxyl groups is 1. The van der Waals surface area contributed by atoms with Crippen LogP contribution in [0.15, 0.2) is 12.1 Å². The van der Waals surface area contributed by atoms with Gasteiger partial charge in [-0.25, -0.2) is 0 Å². The van der Waals surface area contributed by atoms with Crippen molar-refractivity contribution in [1.29, 1.82) is 0 Å². The van der Waals surface area contributed by atoms with Gasteiger partial charge in [0.15, 0.2) is 0 Å². The smallest absolute Gasteiger partial charge is 0.310 e. The zero-order valence-corrected chi connectivity index (χ0v) is 13.0. The van der Waals surface area contributed by atoms with Gasteiger partial charge in [0.25, 0.3) is 0 Å². The molecule has 0 aromatic heterocycles. The van der Waals surface area contributed by atoms with E-state index < -0.39 is 11.4 Å². The van der Waals surface area contributed by atoms with Gasteiger partial charge in [-0.2, -0.15) is 0 Å². The summed E-state index contributed by atoms with van der Waals surface area (Å²) in [4.78, 5) is 23.6. The SMILES string of the molecule is CCC(CC)(CC(=O)Nc1ccc(C)c(O)c1C)C(=O)O. The quantitative estimate of drug-likeness (QED) is 0.751. The molecular weight excluding hydrogens is 270 g/mol. The highest BCUT2D eigenvalue weighted by atomic mass is 16.4. The summed E-state index contributed by atoms with van der Waals surface area (Å²) >= 11 is 0. The number of anilines is 1. The van der Waals surface area contributed by atoms with E-state index in [0.29, 0.717) is 24.1 Å². The number of phenolic OH excluding ortho intramolecular Hbond substituents is 1. The van der Waals surface area contributed by atoms with Crippen LogP contribution in [-0.4, -0.2) is 22.1 Å². The van der Waals surface area contributed by atoms with Crippen LogP contribution in [0.1, 0.15) is 44.2 Å². The molecule has 1 amide bonds. The Balaban J connectivity index is 2.92. The van der Waals surface area contributed by atoms with E-state index in [2.05, 4.69) is 5.32 Å². The Morgan fingerprint density at radius 2 is 1.76 bits per heavy atom. The summed E-state index contributed by atoms with van der Waals surface area (Å²) in [5, 5.41) is 21.9. The fourth-order valence-electron chi connectivity index (χ4n) is 2.35. The van der Waals surface area contributed by atoms with E-state index in [-0.39, 0.29) is 18.1 Å². The van der Waals surface area contributed by atoms with E-state index in [0.717, 1.165) is 5.56 Å². The molecule has 0 heterocycles. The number of phenols is 1. The van der Waals surface area contributed by atoms with Gasteiger partial charge >= 0.3 is 5.97 Å². The molecule has 5 nitrogen and oxygen atoms in total. The molecule has 0 aliphatic rings. The lowest BCUT2D eigenvalue weighted by molar-refractivity contribution is -0.151. The molecule has 0 saturated heterocycles. The number of nitrogens with one attached hydrogen (secondary N) is 1. The first kappa shape index (κ1) is 17.0. The Morgan fingerprint density at radius 3 is 2.24 bits per heavy atom. The highest BCUT2D eigenvalue weighted by Gasteiger charge is 2.37. The maximum Gasteiger partial charge on any atom is 0.310 e. The second-order valence-electron chi connectivity index (χ2n) is 5.42. The molecule has 21 heavy (non-hydrogen) atoms. The second-order valence-corrected chi connectivity index (χ2v) is 5.42. The Morgan fingerprint density at radius 1 is 1.19 bits per heavy atom. The third kappa shape index (κ3) is 3.54. The highest BCUT2D eigenvalue weighted by Crippen LogP contribution is 2.33. The number of carboxylic acid groups (broad SMARTS) is 1. The van der Waals surface area contributed by atoms with Crippen molar-refractivity contribution in [2.75, 3.05) is 5.32 Å². The minimum atomic E-state index is -1.04. The van der Waals surface area contributed by atoms with Gasteiger partial charge in [-0.15, -0.1) is 0 Å². The Labute approximate surface area is 125 Å². The number of hydrogen-bond donors (Lipinski definition) is 3. The molecule has 0 bridgehead atoms. The Kier molecular flexibility index (Phi) is 5.35. The lowest BCUT2D eigenvalue weighted by atomic mass is 9.79. The molecule has 0 aliphatic heterocycles. The van der Waals surface area contributed by atoms with Gasteiger partial charge in [0, 0.05) is 17.7 Å². The topological polar surface area (TPSA) is 86.6 Å². The van der Waals surface area contributed by atoms with Gasteiger partial charge < -0.3 is 15.5 Å². The van der Waals surface area contributed by atoms with Crippen LogP contribution in [0.3, 0.4) is 0 Å². The fraction of sp³-hybridized carbons (Fsp3) is 0.500. The molecule has 0 fully saturated rings. The number of aryl methyl sites for hydroxylation is 1. The predicted molar refractivity (Wildman–Crippen MR) is 81.5 cm³/mol. The van der Waals surface area contributed by atoms with Crippen molar-refractivity contribution in [2.45, 2.75) is 47.0 Å². The molecule has 116 valence electrons. The zero-order valence-electron chi connectivity index (χ0n) is 13.0. The van der Waals surface area contributed by atoms with Gasteiger partial charge in [-0.05, 0) is 38.3 Å². The molecule has 3 N–H and O–H groups in total. The van der Waals surface area contributed by atoms with Crippen LogP contribution in [0.25, 0.3) is 0 Å². The number of rotatable bonds is 6. The van der Waals surface area contributed by atoms with E-state index in [4.69, 9.17) is 0 Å². The summed E-state index contributed by atoms with van der Waals surface area (Å²) in [7, 11) is 0. The molecular formula is C16H23NO4. The maximum atomic E-state index is 12.1. The standard InChI is InChI=1S/C16H23NO4/c1-5-16(6-2,15(20)21)9-13(18)17-12-8-7-10(3)14(19)11(12)4/h7-8,19H,5-6,9H2,1-4H3,(H,17,18)(H,20,21). The van der Waals surface area contributed by atoms with E-state index >= 15 is 0 Å². The molecule has 1 aromatic carbocycles. The molecule has 0 unspecified atom stereocenters. The molecule has 0 aliphatic carbocycles. The summed E-state index contributed by atoms with van der Waals surface area (Å²) in [5.41, 5.74) is 0.782. The van der Waals surface area contributed by atoms with E-state index in [9.17, 15) is 19.8 Å². The highest BCUT2D eigenvalue weighted by molar-refractivity contribution is 5.95. The largest absolute Gasteiger partial charge is 0.507 e. The molecule has 1 aromatic rings. The van der Waals surface area contributed by atoms with Crippen molar-refractivity contribution in [1.82, 2.24) is 0 Å². The predicted octanol–water partition coefficient (Wildman–Crippen LogP) is 3.23. The van der Waals surface area contributed by atoms with E-state index in [1.807, 2.05) is 0 Å². The molecule has 0 radical (unpaired) electrons. The molecule has 0 saturated carbocycles. The van der Waals surface area contributed by atoms with Gasteiger partial charge in [0.2, 0.25) is 5.91 Å². The summed E-state index contributed by atoms with van der Waals surface area (Å²) in [6.07, 6.45) is 0.707. The van der Waals surface area contributed by atoms with Crippen LogP contribution < -0.4 is 5.32 Å².